The third-order valence-corrected chi connectivity index (χ3v) is 7.23. The van der Waals surface area contributed by atoms with E-state index in [4.69, 9.17) is 32.2 Å². The first-order valence-corrected chi connectivity index (χ1v) is 14.3. The molecule has 4 aromatic carbocycles. The Hall–Kier alpha value is -2.41. The molecule has 0 bridgehead atoms. The van der Waals surface area contributed by atoms with E-state index < -0.39 is 7.82 Å². The standard InChI is InChI=1S/C30H25Cl2O6P.Na/c31-25-13-7-21(8-14-25)11-17-29(33)23-3-1-5-27(19-23)37-39(35,36)38-28-6-2-4-24(20-28)30(34)18-12-22-9-15-26(32)16-10-22;/h1-10,13-16,19-20H,11-12,17-18H2,(H,35,36);/q;+1/p-1. The van der Waals surface area contributed by atoms with Crippen LogP contribution in [0.15, 0.2) is 97.1 Å². The largest absolute Gasteiger partial charge is 1.00 e. The van der Waals surface area contributed by atoms with Gasteiger partial charge in [0.2, 0.25) is 0 Å². The molecule has 10 heteroatoms. The van der Waals surface area contributed by atoms with Crippen molar-refractivity contribution in [2.24, 2.45) is 0 Å². The van der Waals surface area contributed by atoms with Crippen molar-refractivity contribution in [3.8, 4) is 11.5 Å². The number of halogens is 2. The Kier molecular flexibility index (Phi) is 12.0. The first-order valence-electron chi connectivity index (χ1n) is 12.1. The van der Waals surface area contributed by atoms with Crippen molar-refractivity contribution in [1.82, 2.24) is 0 Å². The van der Waals surface area contributed by atoms with Crippen molar-refractivity contribution in [2.75, 3.05) is 0 Å². The molecule has 0 saturated carbocycles. The number of aryl methyl sites for hydroxylation is 2. The van der Waals surface area contributed by atoms with Crippen LogP contribution < -0.4 is 43.5 Å². The van der Waals surface area contributed by atoms with Crippen molar-refractivity contribution < 1.29 is 57.7 Å². The summed E-state index contributed by atoms with van der Waals surface area (Å²) in [6.07, 6.45) is 1.49. The first-order chi connectivity index (χ1) is 18.7. The summed E-state index contributed by atoms with van der Waals surface area (Å²) in [5.74, 6) is -0.439. The number of hydrogen-bond acceptors (Lipinski definition) is 6. The number of rotatable bonds is 12. The van der Waals surface area contributed by atoms with Crippen molar-refractivity contribution in [3.63, 3.8) is 0 Å². The van der Waals surface area contributed by atoms with Gasteiger partial charge in [-0.1, -0.05) is 71.7 Å². The number of phosphoric acid groups is 1. The summed E-state index contributed by atoms with van der Waals surface area (Å²) in [7, 11) is -4.87. The van der Waals surface area contributed by atoms with Gasteiger partial charge in [-0.25, -0.2) is 4.57 Å². The summed E-state index contributed by atoms with van der Waals surface area (Å²) in [6, 6.07) is 26.2. The fraction of sp³-hybridized carbons (Fsp3) is 0.133. The van der Waals surface area contributed by atoms with E-state index >= 15 is 0 Å². The molecule has 0 unspecified atom stereocenters. The number of hydrogen-bond donors (Lipinski definition) is 0. The zero-order valence-electron chi connectivity index (χ0n) is 21.7. The molecule has 0 radical (unpaired) electrons. The fourth-order valence-corrected chi connectivity index (χ4v) is 4.87. The van der Waals surface area contributed by atoms with Gasteiger partial charge in [0.1, 0.15) is 11.5 Å². The van der Waals surface area contributed by atoms with Gasteiger partial charge in [-0.2, -0.15) is 0 Å². The number of benzene rings is 4. The fourth-order valence-electron chi connectivity index (χ4n) is 3.84. The molecule has 0 heterocycles. The zero-order valence-corrected chi connectivity index (χ0v) is 26.1. The molecule has 0 aliphatic rings. The Balaban J connectivity index is 0.00000441. The number of ketones is 2. The molecule has 0 aliphatic carbocycles. The number of carbonyl (C=O) groups is 2. The van der Waals surface area contributed by atoms with Gasteiger partial charge >= 0.3 is 37.4 Å². The van der Waals surface area contributed by atoms with Crippen LogP contribution >= 0.6 is 31.0 Å². The minimum Gasteiger partial charge on any atom is -0.736 e. The SMILES string of the molecule is O=C(CCc1ccc(Cl)cc1)c1cccc(OP(=O)([O-])Oc2cccc(C(=O)CCc3ccc(Cl)cc3)c2)c1.[Na+]. The van der Waals surface area contributed by atoms with Gasteiger partial charge in [0.25, 0.3) is 0 Å². The van der Waals surface area contributed by atoms with Crippen molar-refractivity contribution in [1.29, 1.82) is 0 Å². The average molecular weight is 605 g/mol. The molecule has 0 saturated heterocycles. The normalized spacial score (nSPS) is 10.9. The third kappa shape index (κ3) is 9.90. The molecule has 0 atom stereocenters. The van der Waals surface area contributed by atoms with Crippen LogP contribution in [0, 0.1) is 0 Å². The molecule has 0 fully saturated rings. The summed E-state index contributed by atoms with van der Waals surface area (Å²) >= 11 is 11.8. The summed E-state index contributed by atoms with van der Waals surface area (Å²) in [4.78, 5) is 37.9. The van der Waals surface area contributed by atoms with E-state index in [2.05, 4.69) is 0 Å². The average Bonchev–Trinajstić information content (AvgIpc) is 2.92. The van der Waals surface area contributed by atoms with Gasteiger partial charge in [0.05, 0.1) is 0 Å². The Labute approximate surface area is 265 Å². The van der Waals surface area contributed by atoms with Gasteiger partial charge in [-0.3, -0.25) is 9.59 Å². The molecule has 0 aliphatic heterocycles. The molecule has 4 rings (SSSR count). The Morgan fingerprint density at radius 2 is 1.02 bits per heavy atom. The third-order valence-electron chi connectivity index (χ3n) is 5.85. The molecular weight excluding hydrogens is 581 g/mol. The van der Waals surface area contributed by atoms with E-state index in [0.717, 1.165) is 11.1 Å². The maximum Gasteiger partial charge on any atom is 1.00 e. The molecule has 0 amide bonds. The number of phosphoric ester groups is 1. The van der Waals surface area contributed by atoms with Crippen molar-refractivity contribution >= 4 is 42.6 Å². The second-order valence-electron chi connectivity index (χ2n) is 8.78. The molecule has 200 valence electrons. The van der Waals surface area contributed by atoms with Gasteiger partial charge < -0.3 is 13.9 Å². The van der Waals surface area contributed by atoms with Gasteiger partial charge in [-0.15, -0.1) is 0 Å². The van der Waals surface area contributed by atoms with E-state index in [1.54, 1.807) is 36.4 Å². The van der Waals surface area contributed by atoms with Crippen LogP contribution in [0.1, 0.15) is 44.7 Å². The molecule has 0 N–H and O–H groups in total. The molecule has 0 spiro atoms. The van der Waals surface area contributed by atoms with E-state index in [9.17, 15) is 19.0 Å². The van der Waals surface area contributed by atoms with Crippen LogP contribution in [0.2, 0.25) is 10.0 Å². The summed E-state index contributed by atoms with van der Waals surface area (Å²) in [5.41, 5.74) is 2.55. The number of Topliss-reactive ketones (excluding diaryl/α,β-unsaturated/α-hetero) is 2. The van der Waals surface area contributed by atoms with E-state index in [-0.39, 0.29) is 65.5 Å². The Morgan fingerprint density at radius 3 is 1.40 bits per heavy atom. The predicted octanol–water partition coefficient (Wildman–Crippen LogP) is 4.55. The maximum atomic E-state index is 12.7. The zero-order chi connectivity index (χ0) is 27.8. The summed E-state index contributed by atoms with van der Waals surface area (Å²) in [5, 5.41) is 1.23. The molecule has 4 aromatic rings. The van der Waals surface area contributed by atoms with Crippen LogP contribution in [0.5, 0.6) is 11.5 Å². The Bertz CT molecular complexity index is 1400. The topological polar surface area (TPSA) is 92.7 Å². The first kappa shape index (κ1) is 32.1. The quantitative estimate of drug-likeness (QED) is 0.134. The van der Waals surface area contributed by atoms with E-state index in [0.29, 0.717) is 34.0 Å². The van der Waals surface area contributed by atoms with Gasteiger partial charge in [0.15, 0.2) is 11.6 Å². The van der Waals surface area contributed by atoms with Crippen LogP contribution in [0.3, 0.4) is 0 Å². The Morgan fingerprint density at radius 1 is 0.650 bits per heavy atom. The monoisotopic (exact) mass is 604 g/mol. The van der Waals surface area contributed by atoms with Crippen LogP contribution in [0.4, 0.5) is 0 Å². The maximum absolute atomic E-state index is 12.7. The van der Waals surface area contributed by atoms with Crippen LogP contribution in [0.25, 0.3) is 0 Å². The van der Waals surface area contributed by atoms with Crippen LogP contribution in [-0.4, -0.2) is 11.6 Å². The molecule has 0 aromatic heterocycles. The van der Waals surface area contributed by atoms with Crippen molar-refractivity contribution in [3.05, 3.63) is 129 Å². The van der Waals surface area contributed by atoms with E-state index in [1.807, 2.05) is 24.3 Å². The molecular formula is C30H24Cl2NaO6P. The van der Waals surface area contributed by atoms with Crippen molar-refractivity contribution in [2.45, 2.75) is 25.7 Å². The van der Waals surface area contributed by atoms with Gasteiger partial charge in [-0.05, 0) is 72.5 Å². The summed E-state index contributed by atoms with van der Waals surface area (Å²) in [6.45, 7) is 0. The molecule has 6 nitrogen and oxygen atoms in total. The predicted molar refractivity (Wildman–Crippen MR) is 150 cm³/mol. The van der Waals surface area contributed by atoms with Gasteiger partial charge in [0, 0.05) is 34.0 Å². The smallest absolute Gasteiger partial charge is 0.736 e. The second-order valence-corrected chi connectivity index (χ2v) is 10.9. The number of carbonyl (C=O) groups excluding carboxylic acids is 2. The minimum atomic E-state index is -4.87. The van der Waals surface area contributed by atoms with Crippen LogP contribution in [-0.2, 0) is 17.4 Å². The second kappa shape index (κ2) is 15.0. The van der Waals surface area contributed by atoms with E-state index in [1.165, 1.54) is 36.4 Å². The summed E-state index contributed by atoms with van der Waals surface area (Å²) < 4.78 is 22.8. The molecule has 40 heavy (non-hydrogen) atoms. The minimum absolute atomic E-state index is 0.